The second kappa shape index (κ2) is 40.6. The average molecular weight is 1980 g/mol. The van der Waals surface area contributed by atoms with Crippen LogP contribution in [0.1, 0.15) is 82.4 Å². The van der Waals surface area contributed by atoms with E-state index >= 15 is 0 Å². The molecule has 97 heavy (non-hydrogen) atoms. The Balaban J connectivity index is 0.000000217. The molecule has 496 valence electrons. The van der Waals surface area contributed by atoms with Crippen LogP contribution in [0.5, 0.6) is 0 Å². The van der Waals surface area contributed by atoms with Gasteiger partial charge in [0.2, 0.25) is 0 Å². The van der Waals surface area contributed by atoms with Gasteiger partial charge >= 0.3 is 0 Å². The molecule has 0 bridgehead atoms. The van der Waals surface area contributed by atoms with E-state index in [2.05, 4.69) is 162 Å². The summed E-state index contributed by atoms with van der Waals surface area (Å²) in [5.74, 6) is 0.625. The Morgan fingerprint density at radius 1 is 0.433 bits per heavy atom. The van der Waals surface area contributed by atoms with Gasteiger partial charge < -0.3 is 10.2 Å². The quantitative estimate of drug-likeness (QED) is 0.0861. The number of allylic oxidation sites excluding steroid dienone is 4. The van der Waals surface area contributed by atoms with Crippen LogP contribution in [0.2, 0.25) is 0 Å². The first-order valence-electron chi connectivity index (χ1n) is 30.9. The molecule has 4 aromatic heterocycles. The fraction of sp³-hybridized carbons (Fsp3) is 0.131. The number of rotatable bonds is 8. The number of benzene rings is 9. The molecule has 0 unspecified atom stereocenters. The second-order valence-electron chi connectivity index (χ2n) is 22.4. The number of hydrogen-bond acceptors (Lipinski definition) is 9. The van der Waals surface area contributed by atoms with Crippen molar-refractivity contribution in [3.63, 3.8) is 0 Å². The molecule has 4 radical (unpaired) electrons. The van der Waals surface area contributed by atoms with Crippen molar-refractivity contribution in [1.29, 1.82) is 5.26 Å². The smallest absolute Gasteiger partial charge is 0.155 e. The number of pyridine rings is 4. The molecule has 9 nitrogen and oxygen atoms in total. The first-order valence-corrected chi connectivity index (χ1v) is 30.9. The van der Waals surface area contributed by atoms with E-state index < -0.39 is 0 Å². The van der Waals surface area contributed by atoms with Gasteiger partial charge in [-0.15, -0.1) is 137 Å². The van der Waals surface area contributed by atoms with E-state index in [9.17, 15) is 9.59 Å². The van der Waals surface area contributed by atoms with Crippen LogP contribution < -0.4 is 0 Å². The number of aromatic nitrogens is 4. The van der Waals surface area contributed by atoms with Gasteiger partial charge in [0.25, 0.3) is 0 Å². The molecular weight excluding hydrogens is 1910 g/mol. The van der Waals surface area contributed by atoms with Crippen LogP contribution >= 0.6 is 0 Å². The summed E-state index contributed by atoms with van der Waals surface area (Å²) in [6.45, 7) is 7.78. The molecule has 13 aromatic rings. The van der Waals surface area contributed by atoms with Crippen molar-refractivity contribution >= 4 is 55.2 Å². The Labute approximate surface area is 623 Å². The molecule has 0 atom stereocenters. The summed E-state index contributed by atoms with van der Waals surface area (Å²) in [6, 6.07) is 98.7. The second-order valence-corrected chi connectivity index (χ2v) is 22.4. The Bertz CT molecular complexity index is 4730. The number of nitrogens with zero attached hydrogens (tertiary/aromatic N) is 5. The van der Waals surface area contributed by atoms with Gasteiger partial charge in [-0.1, -0.05) is 166 Å². The third-order valence-corrected chi connectivity index (χ3v) is 15.1. The van der Waals surface area contributed by atoms with Crippen LogP contribution in [0.3, 0.4) is 0 Å². The van der Waals surface area contributed by atoms with Gasteiger partial charge in [0, 0.05) is 98.6 Å². The monoisotopic (exact) mass is 1990 g/mol. The molecule has 14 rings (SSSR count). The van der Waals surface area contributed by atoms with Crippen molar-refractivity contribution in [1.82, 2.24) is 19.9 Å². The number of carbonyl (C=O) groups excluding carboxylic acids is 2. The number of aryl methyl sites for hydroxylation is 1. The zero-order valence-corrected chi connectivity index (χ0v) is 63.8. The number of aliphatic hydroxyl groups is 2. The summed E-state index contributed by atoms with van der Waals surface area (Å²) >= 11 is 0. The number of carbonyl (C=O) groups is 2. The average Bonchev–Trinajstić information content (AvgIpc) is 0.855. The minimum atomic E-state index is -0.125. The van der Waals surface area contributed by atoms with Gasteiger partial charge in [-0.05, 0) is 138 Å². The summed E-state index contributed by atoms with van der Waals surface area (Å²) in [4.78, 5) is 38.8. The number of para-hydroxylation sites is 3. The Morgan fingerprint density at radius 2 is 0.907 bits per heavy atom. The van der Waals surface area contributed by atoms with Gasteiger partial charge in [0.1, 0.15) is 0 Å². The van der Waals surface area contributed by atoms with E-state index in [-0.39, 0.29) is 104 Å². The molecular formula is C84H71Ir4N5O4-4. The van der Waals surface area contributed by atoms with Gasteiger partial charge in [-0.2, -0.15) is 0 Å². The molecule has 1 fully saturated rings. The molecule has 0 saturated heterocycles. The zero-order chi connectivity index (χ0) is 65.3. The van der Waals surface area contributed by atoms with E-state index in [1.165, 1.54) is 105 Å². The Kier molecular flexibility index (Phi) is 33.0. The first-order chi connectivity index (χ1) is 45.3. The third kappa shape index (κ3) is 24.0. The largest absolute Gasteiger partial charge is 0.512 e. The van der Waals surface area contributed by atoms with Gasteiger partial charge in [-0.3, -0.25) is 29.5 Å². The molecule has 0 amide bonds. The first kappa shape index (κ1) is 78.8. The molecule has 2 N–H and O–H groups in total. The van der Waals surface area contributed by atoms with Crippen molar-refractivity contribution in [3.8, 4) is 62.2 Å². The van der Waals surface area contributed by atoms with Crippen LogP contribution in [-0.4, -0.2) is 41.7 Å². The number of fused-ring (bicyclic) bond motifs is 4. The van der Waals surface area contributed by atoms with Crippen LogP contribution in [0, 0.1) is 42.5 Å². The van der Waals surface area contributed by atoms with Crippen molar-refractivity contribution in [2.45, 2.75) is 72.6 Å². The molecule has 9 aromatic carbocycles. The SMILES string of the molecule is CC(=O)C=C(C)O.CC(=O)C=C(C)O.Cc1ccc[c-]c1-c1ccc2ccccc2n1.N#Cc1c[c-]c(-c2ccc3ccccc3n2)cc1.[Ir].[Ir].[Ir].[Ir].[c-]1ccc(-c2ccccc2)cc1-c1ccc2ccccc2n1.[c-]1ccccc1-c1ccc2cc(C3CCCCC3)ccc2n1. The van der Waals surface area contributed by atoms with Crippen molar-refractivity contribution in [2.24, 2.45) is 0 Å². The number of ketones is 2. The van der Waals surface area contributed by atoms with Crippen LogP contribution in [0.25, 0.3) is 99.8 Å². The molecule has 0 aliphatic heterocycles. The summed E-state index contributed by atoms with van der Waals surface area (Å²) in [7, 11) is 0. The maximum atomic E-state index is 10.0. The molecule has 1 saturated carbocycles. The fourth-order valence-electron chi connectivity index (χ4n) is 10.6. The molecule has 0 spiro atoms. The van der Waals surface area contributed by atoms with E-state index in [0.717, 1.165) is 83.8 Å². The molecule has 1 aliphatic carbocycles. The predicted molar refractivity (Wildman–Crippen MR) is 379 cm³/mol. The van der Waals surface area contributed by atoms with Gasteiger partial charge in [-0.25, -0.2) is 5.26 Å². The fourth-order valence-corrected chi connectivity index (χ4v) is 10.6. The summed E-state index contributed by atoms with van der Waals surface area (Å²) in [5.41, 5.74) is 17.7. The number of aliphatic hydroxyl groups excluding tert-OH is 2. The van der Waals surface area contributed by atoms with Crippen molar-refractivity contribution < 1.29 is 100 Å². The molecule has 1 aliphatic rings. The number of nitriles is 1. The van der Waals surface area contributed by atoms with Gasteiger partial charge in [0.15, 0.2) is 11.6 Å². The third-order valence-electron chi connectivity index (χ3n) is 15.1. The van der Waals surface area contributed by atoms with E-state index in [1.54, 1.807) is 12.1 Å². The standard InChI is InChI=1S/C21H20N.C21H14N.C16H9N2.C16H12N.2C5H8O2.4Ir/c1-3-7-16(8-4-1)18-11-13-21-19(15-18)12-14-20(22-21)17-9-5-2-6-10-17;1-2-7-16(8-3-1)18-10-6-11-19(15-18)21-14-13-17-9-4-5-12-20(17)22-21;17-11-12-5-7-14(8-6-12)16-10-9-13-3-1-2-4-15(13)18-16;1-12-6-2-4-8-14(12)16-11-10-13-7-3-5-9-15(13)17-16;2*1-4(6)3-5(2)7;;;;/h2,5-6,9,11-16H,1,3-4,7-8H2;1-10,12-15H;1-7,9-10H;2-7,9-11H,1H3;2*3,6H,1-2H3;;;;/q4*-1;;;;;;. The normalized spacial score (nSPS) is 11.5. The van der Waals surface area contributed by atoms with E-state index in [1.807, 2.05) is 121 Å². The molecule has 4 heterocycles. The van der Waals surface area contributed by atoms with Crippen LogP contribution in [-0.2, 0) is 90.0 Å². The number of hydrogen-bond donors (Lipinski definition) is 2. The van der Waals surface area contributed by atoms with E-state index in [4.69, 9.17) is 25.4 Å². The van der Waals surface area contributed by atoms with Crippen LogP contribution in [0.4, 0.5) is 0 Å². The molecule has 13 heteroatoms. The van der Waals surface area contributed by atoms with Crippen LogP contribution in [0.15, 0.2) is 272 Å². The van der Waals surface area contributed by atoms with E-state index in [0.29, 0.717) is 5.56 Å². The predicted octanol–water partition coefficient (Wildman–Crippen LogP) is 20.8. The Morgan fingerprint density at radius 3 is 1.40 bits per heavy atom. The topological polar surface area (TPSA) is 150 Å². The summed E-state index contributed by atoms with van der Waals surface area (Å²) < 4.78 is 0. The maximum absolute atomic E-state index is 10.0. The zero-order valence-electron chi connectivity index (χ0n) is 54.2. The maximum Gasteiger partial charge on any atom is 0.155 e. The Hall–Kier alpha value is -8.87. The summed E-state index contributed by atoms with van der Waals surface area (Å²) in [5, 5.41) is 30.2. The summed E-state index contributed by atoms with van der Waals surface area (Å²) in [6.07, 6.45) is 9.18. The van der Waals surface area contributed by atoms with Gasteiger partial charge in [0.05, 0.1) is 33.6 Å². The van der Waals surface area contributed by atoms with Crippen molar-refractivity contribution in [3.05, 3.63) is 313 Å². The minimum Gasteiger partial charge on any atom is -0.512 e. The van der Waals surface area contributed by atoms with Crippen molar-refractivity contribution in [2.75, 3.05) is 0 Å². The minimum absolute atomic E-state index is 0.